The van der Waals surface area contributed by atoms with Crippen molar-refractivity contribution in [2.75, 3.05) is 34.3 Å². The molecule has 0 aliphatic rings. The minimum atomic E-state index is -2.08. The van der Waals surface area contributed by atoms with E-state index in [1.54, 1.807) is 0 Å². The Balaban J connectivity index is -0.000000142. The van der Waals surface area contributed by atoms with E-state index in [1.807, 2.05) is 0 Å². The fraction of sp³-hybridized carbons (Fsp3) is 0.833. The highest BCUT2D eigenvalue weighted by Gasteiger charge is 2.02. The molecule has 5 nitrogen and oxygen atoms in total. The Morgan fingerprint density at radius 2 is 1.67 bits per heavy atom. The lowest BCUT2D eigenvalue weighted by molar-refractivity contribution is -0.870. The molecule has 0 heterocycles. The van der Waals surface area contributed by atoms with Crippen molar-refractivity contribution in [3.63, 3.8) is 0 Å². The molecule has 0 bridgehead atoms. The zero-order valence-corrected chi connectivity index (χ0v) is 9.81. The van der Waals surface area contributed by atoms with Crippen molar-refractivity contribution >= 4 is 30.1 Å². The van der Waals surface area contributed by atoms with Crippen molar-refractivity contribution in [1.82, 2.24) is 0 Å². The van der Waals surface area contributed by atoms with Crippen LogP contribution in [0.3, 0.4) is 0 Å². The molecular weight excluding hydrogens is 277 g/mol. The molecule has 0 radical (unpaired) electrons. The van der Waals surface area contributed by atoms with Crippen LogP contribution in [0.25, 0.3) is 0 Å². The highest BCUT2D eigenvalue weighted by atomic mass is 127. The van der Waals surface area contributed by atoms with E-state index in [0.29, 0.717) is 0 Å². The van der Waals surface area contributed by atoms with Crippen LogP contribution in [0, 0.1) is 0 Å². The number of rotatable bonds is 2. The van der Waals surface area contributed by atoms with E-state index >= 15 is 0 Å². The Labute approximate surface area is 89.2 Å². The van der Waals surface area contributed by atoms with Gasteiger partial charge in [-0.3, -0.25) is 0 Å². The smallest absolute Gasteiger partial charge is 0.249 e. The topological polar surface area (TPSA) is 80.6 Å². The monoisotopic (exact) mass is 293 g/mol. The zero-order chi connectivity index (χ0) is 9.49. The van der Waals surface area contributed by atoms with Crippen molar-refractivity contribution in [2.24, 2.45) is 0 Å². The summed E-state index contributed by atoms with van der Waals surface area (Å²) in [4.78, 5) is 8.44. The molecule has 76 valence electrons. The quantitative estimate of drug-likeness (QED) is 0.515. The summed E-state index contributed by atoms with van der Waals surface area (Å²) in [5.41, 5.74) is 0. The predicted molar refractivity (Wildman–Crippen MR) is 53.4 cm³/mol. The third-order valence-corrected chi connectivity index (χ3v) is 0.771. The molecule has 0 atom stereocenters. The maximum atomic E-state index is 8.44. The van der Waals surface area contributed by atoms with E-state index in [2.05, 4.69) is 21.1 Å². The van der Waals surface area contributed by atoms with Gasteiger partial charge in [0, 0.05) is 0 Å². The number of likely N-dealkylation sites (N-methyl/N-ethyl adjacent to an activating group) is 1. The van der Waals surface area contributed by atoms with Crippen LogP contribution < -0.4 is 5.11 Å². The average Bonchev–Trinajstić information content (AvgIpc) is 1.58. The highest BCUT2D eigenvalue weighted by Crippen LogP contribution is 1.84. The van der Waals surface area contributed by atoms with Gasteiger partial charge in [0.25, 0.3) is 0 Å². The van der Waals surface area contributed by atoms with E-state index in [0.717, 1.165) is 11.0 Å². The lowest BCUT2D eigenvalue weighted by Gasteiger charge is -2.21. The van der Waals surface area contributed by atoms with Crippen LogP contribution in [-0.4, -0.2) is 55.1 Å². The van der Waals surface area contributed by atoms with E-state index in [9.17, 15) is 0 Å². The Morgan fingerprint density at radius 1 is 1.42 bits per heavy atom. The molecule has 0 spiro atoms. The van der Waals surface area contributed by atoms with Gasteiger partial charge in [0.05, 0.1) is 27.7 Å². The van der Waals surface area contributed by atoms with Gasteiger partial charge in [-0.15, -0.1) is 24.0 Å². The summed E-state index contributed by atoms with van der Waals surface area (Å²) in [6.45, 7) is 1.11. The number of hydrogen-bond acceptors (Lipinski definition) is 3. The van der Waals surface area contributed by atoms with Crippen molar-refractivity contribution in [3.05, 3.63) is 0 Å². The molecule has 0 saturated carbocycles. The van der Waals surface area contributed by atoms with Crippen molar-refractivity contribution in [2.45, 2.75) is 0 Å². The zero-order valence-electron chi connectivity index (χ0n) is 7.48. The van der Waals surface area contributed by atoms with Gasteiger partial charge in [-0.05, 0) is 0 Å². The Hall–Kier alpha value is -0.0800. The number of hydrogen-bond donors (Lipinski definition) is 2. The molecule has 0 aromatic heterocycles. The molecular formula is C6H16INO4. The molecule has 6 heteroatoms. The second-order valence-electron chi connectivity index (χ2n) is 3.00. The largest absolute Gasteiger partial charge is 0.565 e. The third-order valence-electron chi connectivity index (χ3n) is 0.771. The van der Waals surface area contributed by atoms with E-state index in [1.165, 1.54) is 0 Å². The van der Waals surface area contributed by atoms with Crippen LogP contribution in [0.1, 0.15) is 0 Å². The molecule has 12 heavy (non-hydrogen) atoms. The third kappa shape index (κ3) is 51.4. The normalized spacial score (nSPS) is 9.00. The van der Waals surface area contributed by atoms with Gasteiger partial charge in [-0.2, -0.15) is 0 Å². The van der Waals surface area contributed by atoms with Crippen LogP contribution in [0.2, 0.25) is 0 Å². The van der Waals surface area contributed by atoms with Gasteiger partial charge in [-0.1, -0.05) is 0 Å². The molecule has 0 aromatic carbocycles. The molecule has 0 aliphatic carbocycles. The number of halogens is 1. The summed E-state index contributed by atoms with van der Waals surface area (Å²) in [5.74, 6) is 0. The second kappa shape index (κ2) is 9.01. The van der Waals surface area contributed by atoms with E-state index in [-0.39, 0.29) is 30.6 Å². The molecule has 0 fully saturated rings. The van der Waals surface area contributed by atoms with Crippen molar-refractivity contribution in [3.8, 4) is 0 Å². The van der Waals surface area contributed by atoms with Crippen LogP contribution >= 0.6 is 24.0 Å². The molecule has 0 aromatic rings. The first-order chi connectivity index (χ1) is 4.79. The molecule has 0 aliphatic heterocycles. The number of aliphatic hydroxyl groups is 1. The van der Waals surface area contributed by atoms with Gasteiger partial charge < -0.3 is 24.6 Å². The van der Waals surface area contributed by atoms with Crippen LogP contribution in [0.4, 0.5) is 4.79 Å². The Bertz CT molecular complexity index is 109. The predicted octanol–water partition coefficient (Wildman–Crippen LogP) is -0.809. The van der Waals surface area contributed by atoms with Gasteiger partial charge in [0.2, 0.25) is 6.16 Å². The Morgan fingerprint density at radius 3 is 1.67 bits per heavy atom. The highest BCUT2D eigenvalue weighted by molar-refractivity contribution is 14.0. The minimum absolute atomic E-state index is 0. The molecule has 0 amide bonds. The van der Waals surface area contributed by atoms with Gasteiger partial charge >= 0.3 is 0 Å². The average molecular weight is 293 g/mol. The molecule has 2 N–H and O–H groups in total. The Kier molecular flexibility index (Phi) is 13.4. The van der Waals surface area contributed by atoms with Crippen molar-refractivity contribution in [1.29, 1.82) is 0 Å². The van der Waals surface area contributed by atoms with E-state index < -0.39 is 6.16 Å². The van der Waals surface area contributed by atoms with Crippen LogP contribution in [-0.2, 0) is 0 Å². The molecule has 0 saturated heterocycles. The summed E-state index contributed by atoms with van der Waals surface area (Å²) in [7, 11) is 6.16. The fourth-order valence-electron chi connectivity index (χ4n) is 0.300. The number of carbonyl (C=O) groups is 1. The van der Waals surface area contributed by atoms with E-state index in [4.69, 9.17) is 20.1 Å². The summed E-state index contributed by atoms with van der Waals surface area (Å²) in [5, 5.41) is 23.7. The first kappa shape index (κ1) is 17.9. The standard InChI is InChI=1S/C5H14NO.CH2O3.HI/c1-6(2,3)4-5-7;2-1(3)4;/h7H,4-5H2,1-3H3;(H2,2,3,4);1H/q+1;;/p-1. The first-order valence-corrected chi connectivity index (χ1v) is 3.11. The van der Waals surface area contributed by atoms with Crippen LogP contribution in [0.15, 0.2) is 0 Å². The number of nitrogens with zero attached hydrogens (tertiary/aromatic N) is 1. The summed E-state index contributed by atoms with van der Waals surface area (Å²) < 4.78 is 0.844. The van der Waals surface area contributed by atoms with Gasteiger partial charge in [-0.25, -0.2) is 0 Å². The summed E-state index contributed by atoms with van der Waals surface area (Å²) >= 11 is 0. The minimum Gasteiger partial charge on any atom is -0.565 e. The van der Waals surface area contributed by atoms with Gasteiger partial charge in [0.1, 0.15) is 6.54 Å². The summed E-state index contributed by atoms with van der Waals surface area (Å²) in [6, 6.07) is 0. The number of aliphatic hydroxyl groups excluding tert-OH is 1. The lowest BCUT2D eigenvalue weighted by atomic mass is 10.5. The summed E-state index contributed by atoms with van der Waals surface area (Å²) in [6.07, 6.45) is -2.08. The molecule has 0 unspecified atom stereocenters. The molecule has 0 rings (SSSR count). The maximum Gasteiger partial charge on any atom is 0.249 e. The lowest BCUT2D eigenvalue weighted by Crippen LogP contribution is -2.36. The maximum absolute atomic E-state index is 8.44. The second-order valence-corrected chi connectivity index (χ2v) is 3.00. The van der Waals surface area contributed by atoms with Gasteiger partial charge in [0.15, 0.2) is 0 Å². The first-order valence-electron chi connectivity index (χ1n) is 3.11. The van der Waals surface area contributed by atoms with Crippen LogP contribution in [0.5, 0.6) is 0 Å². The number of carboxylic acid groups (broad SMARTS) is 2. The SMILES string of the molecule is C[N+](C)(C)CCO.I.O=C([O-])O. The fourth-order valence-corrected chi connectivity index (χ4v) is 0.300. The number of quaternary nitrogens is 1. The van der Waals surface area contributed by atoms with Crippen molar-refractivity contribution < 1.29 is 24.6 Å².